The van der Waals surface area contributed by atoms with E-state index in [2.05, 4.69) is 48.0 Å². The van der Waals surface area contributed by atoms with Gasteiger partial charge in [0.2, 0.25) is 0 Å². The van der Waals surface area contributed by atoms with E-state index in [1.807, 2.05) is 24.3 Å². The third-order valence-corrected chi connectivity index (χ3v) is 3.90. The van der Waals surface area contributed by atoms with Gasteiger partial charge in [0, 0.05) is 10.9 Å². The first-order valence-electron chi connectivity index (χ1n) is 6.06. The van der Waals surface area contributed by atoms with Crippen LogP contribution in [0.2, 0.25) is 0 Å². The quantitative estimate of drug-likeness (QED) is 0.894. The third-order valence-electron chi connectivity index (χ3n) is 3.18. The molecular formula is C16H17BrO. The molecule has 0 aliphatic heterocycles. The standard InChI is InChI=1S/C16H17BrO/c1-11-7-8-12(2)13(9-11)10-16(18)14-5-3-4-6-15(14)17/h3-9,16,18H,10H2,1-2H3. The summed E-state index contributed by atoms with van der Waals surface area (Å²) in [7, 11) is 0. The summed E-state index contributed by atoms with van der Waals surface area (Å²) in [5.74, 6) is 0. The van der Waals surface area contributed by atoms with Crippen molar-refractivity contribution in [3.8, 4) is 0 Å². The van der Waals surface area contributed by atoms with Crippen LogP contribution in [0.25, 0.3) is 0 Å². The lowest BCUT2D eigenvalue weighted by Crippen LogP contribution is -2.04. The van der Waals surface area contributed by atoms with E-state index in [9.17, 15) is 5.11 Å². The number of halogens is 1. The predicted molar refractivity (Wildman–Crippen MR) is 78.7 cm³/mol. The van der Waals surface area contributed by atoms with E-state index in [-0.39, 0.29) is 0 Å². The zero-order valence-corrected chi connectivity index (χ0v) is 12.2. The van der Waals surface area contributed by atoms with Gasteiger partial charge in [0.15, 0.2) is 0 Å². The fourth-order valence-corrected chi connectivity index (χ4v) is 2.63. The van der Waals surface area contributed by atoms with Crippen LogP contribution in [0.15, 0.2) is 46.9 Å². The first-order chi connectivity index (χ1) is 8.58. The molecule has 0 amide bonds. The van der Waals surface area contributed by atoms with Gasteiger partial charge in [0.25, 0.3) is 0 Å². The molecule has 2 heteroatoms. The summed E-state index contributed by atoms with van der Waals surface area (Å²) < 4.78 is 0.961. The average Bonchev–Trinajstić information content (AvgIpc) is 2.34. The van der Waals surface area contributed by atoms with E-state index < -0.39 is 6.10 Å². The molecular weight excluding hydrogens is 288 g/mol. The van der Waals surface area contributed by atoms with Crippen molar-refractivity contribution >= 4 is 15.9 Å². The summed E-state index contributed by atoms with van der Waals surface area (Å²) in [6, 6.07) is 14.2. The number of benzene rings is 2. The van der Waals surface area contributed by atoms with E-state index >= 15 is 0 Å². The second-order valence-electron chi connectivity index (χ2n) is 4.67. The van der Waals surface area contributed by atoms with Gasteiger partial charge in [-0.15, -0.1) is 0 Å². The van der Waals surface area contributed by atoms with Crippen LogP contribution in [0.3, 0.4) is 0 Å². The van der Waals surface area contributed by atoms with Gasteiger partial charge < -0.3 is 5.11 Å². The van der Waals surface area contributed by atoms with Gasteiger partial charge in [-0.25, -0.2) is 0 Å². The van der Waals surface area contributed by atoms with Gasteiger partial charge in [-0.3, -0.25) is 0 Å². The Bertz CT molecular complexity index is 549. The second kappa shape index (κ2) is 5.68. The van der Waals surface area contributed by atoms with Crippen molar-refractivity contribution in [1.82, 2.24) is 0 Å². The molecule has 0 spiro atoms. The van der Waals surface area contributed by atoms with E-state index in [0.29, 0.717) is 6.42 Å². The first-order valence-corrected chi connectivity index (χ1v) is 6.86. The van der Waals surface area contributed by atoms with Crippen LogP contribution in [0.4, 0.5) is 0 Å². The van der Waals surface area contributed by atoms with Gasteiger partial charge in [-0.2, -0.15) is 0 Å². The molecule has 0 bridgehead atoms. The van der Waals surface area contributed by atoms with Crippen LogP contribution in [0.5, 0.6) is 0 Å². The predicted octanol–water partition coefficient (Wildman–Crippen LogP) is 4.34. The lowest BCUT2D eigenvalue weighted by Gasteiger charge is -2.15. The van der Waals surface area contributed by atoms with Crippen LogP contribution < -0.4 is 0 Å². The van der Waals surface area contributed by atoms with Crippen molar-refractivity contribution in [2.75, 3.05) is 0 Å². The van der Waals surface area contributed by atoms with Crippen molar-refractivity contribution in [1.29, 1.82) is 0 Å². The van der Waals surface area contributed by atoms with Crippen molar-refractivity contribution in [2.45, 2.75) is 26.4 Å². The highest BCUT2D eigenvalue weighted by atomic mass is 79.9. The van der Waals surface area contributed by atoms with Crippen molar-refractivity contribution in [2.24, 2.45) is 0 Å². The fraction of sp³-hybridized carbons (Fsp3) is 0.250. The first kappa shape index (κ1) is 13.3. The monoisotopic (exact) mass is 304 g/mol. The second-order valence-corrected chi connectivity index (χ2v) is 5.53. The van der Waals surface area contributed by atoms with Crippen LogP contribution in [-0.2, 0) is 6.42 Å². The molecule has 0 aliphatic carbocycles. The molecule has 0 saturated heterocycles. The molecule has 2 aromatic rings. The number of hydrogen-bond acceptors (Lipinski definition) is 1. The van der Waals surface area contributed by atoms with E-state index in [1.54, 1.807) is 0 Å². The van der Waals surface area contributed by atoms with E-state index in [4.69, 9.17) is 0 Å². The van der Waals surface area contributed by atoms with E-state index in [1.165, 1.54) is 16.7 Å². The van der Waals surface area contributed by atoms with Gasteiger partial charge >= 0.3 is 0 Å². The van der Waals surface area contributed by atoms with Gasteiger partial charge in [0.05, 0.1) is 6.10 Å². The molecule has 2 aromatic carbocycles. The average molecular weight is 305 g/mol. The highest BCUT2D eigenvalue weighted by Crippen LogP contribution is 2.27. The maximum Gasteiger partial charge on any atom is 0.0841 e. The molecule has 0 saturated carbocycles. The topological polar surface area (TPSA) is 20.2 Å². The van der Waals surface area contributed by atoms with E-state index in [0.717, 1.165) is 10.0 Å². The summed E-state index contributed by atoms with van der Waals surface area (Å²) in [6.45, 7) is 4.16. The van der Waals surface area contributed by atoms with Gasteiger partial charge in [-0.05, 0) is 36.6 Å². The summed E-state index contributed by atoms with van der Waals surface area (Å²) >= 11 is 3.48. The normalized spacial score (nSPS) is 12.4. The van der Waals surface area contributed by atoms with Crippen LogP contribution >= 0.6 is 15.9 Å². The smallest absolute Gasteiger partial charge is 0.0841 e. The van der Waals surface area contributed by atoms with Crippen LogP contribution in [-0.4, -0.2) is 5.11 Å². The summed E-state index contributed by atoms with van der Waals surface area (Å²) in [6.07, 6.45) is 0.178. The summed E-state index contributed by atoms with van der Waals surface area (Å²) in [5.41, 5.74) is 4.61. The SMILES string of the molecule is Cc1ccc(C)c(CC(O)c2ccccc2Br)c1. The molecule has 0 aliphatic rings. The Labute approximate surface area is 117 Å². The number of rotatable bonds is 3. The largest absolute Gasteiger partial charge is 0.388 e. The van der Waals surface area contributed by atoms with Crippen molar-refractivity contribution < 1.29 is 5.11 Å². The molecule has 0 aromatic heterocycles. The molecule has 94 valence electrons. The highest BCUT2D eigenvalue weighted by molar-refractivity contribution is 9.10. The number of aliphatic hydroxyl groups is 1. The molecule has 1 atom stereocenters. The molecule has 0 fully saturated rings. The Hall–Kier alpha value is -1.12. The lowest BCUT2D eigenvalue weighted by molar-refractivity contribution is 0.177. The molecule has 1 N–H and O–H groups in total. The molecule has 1 nitrogen and oxygen atoms in total. The maximum absolute atomic E-state index is 10.3. The maximum atomic E-state index is 10.3. The fourth-order valence-electron chi connectivity index (χ4n) is 2.08. The summed E-state index contributed by atoms with van der Waals surface area (Å²) in [4.78, 5) is 0. The Morgan fingerprint density at radius 2 is 1.83 bits per heavy atom. The van der Waals surface area contributed by atoms with Gasteiger partial charge in [-0.1, -0.05) is 57.9 Å². The molecule has 0 heterocycles. The zero-order chi connectivity index (χ0) is 13.1. The van der Waals surface area contributed by atoms with Gasteiger partial charge in [0.1, 0.15) is 0 Å². The van der Waals surface area contributed by atoms with Crippen molar-refractivity contribution in [3.63, 3.8) is 0 Å². The lowest BCUT2D eigenvalue weighted by atomic mass is 9.97. The Kier molecular flexibility index (Phi) is 4.20. The molecule has 0 radical (unpaired) electrons. The van der Waals surface area contributed by atoms with Crippen LogP contribution in [0.1, 0.15) is 28.4 Å². The third kappa shape index (κ3) is 3.01. The minimum absolute atomic E-state index is 0.471. The minimum atomic E-state index is -0.471. The molecule has 2 rings (SSSR count). The number of hydrogen-bond donors (Lipinski definition) is 1. The summed E-state index contributed by atoms with van der Waals surface area (Å²) in [5, 5.41) is 10.3. The Balaban J connectivity index is 2.24. The number of aliphatic hydroxyl groups excluding tert-OH is 1. The van der Waals surface area contributed by atoms with Crippen LogP contribution in [0, 0.1) is 13.8 Å². The Morgan fingerprint density at radius 3 is 2.56 bits per heavy atom. The van der Waals surface area contributed by atoms with Crippen molar-refractivity contribution in [3.05, 3.63) is 69.2 Å². The molecule has 1 unspecified atom stereocenters. The zero-order valence-electron chi connectivity index (χ0n) is 10.7. The minimum Gasteiger partial charge on any atom is -0.388 e. The molecule has 18 heavy (non-hydrogen) atoms. The highest BCUT2D eigenvalue weighted by Gasteiger charge is 2.12. The Morgan fingerprint density at radius 1 is 1.11 bits per heavy atom. The number of aryl methyl sites for hydroxylation is 2.